The summed E-state index contributed by atoms with van der Waals surface area (Å²) in [5, 5.41) is 2.80. The van der Waals surface area contributed by atoms with E-state index in [1.165, 1.54) is 11.6 Å². The highest BCUT2D eigenvalue weighted by atomic mass is 19.2. The van der Waals surface area contributed by atoms with Gasteiger partial charge >= 0.3 is 0 Å². The summed E-state index contributed by atoms with van der Waals surface area (Å²) in [6, 6.07) is 8.99. The minimum atomic E-state index is -1.02. The van der Waals surface area contributed by atoms with E-state index in [9.17, 15) is 13.6 Å². The maximum atomic E-state index is 13.2. The summed E-state index contributed by atoms with van der Waals surface area (Å²) in [7, 11) is 0. The zero-order chi connectivity index (χ0) is 14.8. The lowest BCUT2D eigenvalue weighted by atomic mass is 9.90. The number of hydrogen-bond donors (Lipinski definition) is 1. The van der Waals surface area contributed by atoms with Gasteiger partial charge in [0.2, 0.25) is 0 Å². The van der Waals surface area contributed by atoms with E-state index < -0.39 is 17.5 Å². The Hall–Kier alpha value is -2.23. The highest BCUT2D eigenvalue weighted by Gasteiger charge is 2.16. The fourth-order valence-electron chi connectivity index (χ4n) is 2.73. The van der Waals surface area contributed by atoms with Gasteiger partial charge in [0.25, 0.3) is 5.91 Å². The first kappa shape index (κ1) is 13.7. The van der Waals surface area contributed by atoms with Gasteiger partial charge in [-0.05, 0) is 61.1 Å². The molecule has 1 N–H and O–H groups in total. The average Bonchev–Trinajstić information content (AvgIpc) is 2.50. The number of fused-ring (bicyclic) bond motifs is 1. The summed E-state index contributed by atoms with van der Waals surface area (Å²) in [5.74, 6) is -2.39. The molecule has 2 aromatic rings. The summed E-state index contributed by atoms with van der Waals surface area (Å²) >= 11 is 0. The number of carbonyl (C=O) groups excluding carboxylic acids is 1. The fraction of sp³-hybridized carbons (Fsp3) is 0.235. The van der Waals surface area contributed by atoms with Gasteiger partial charge in [0.05, 0.1) is 0 Å². The third-order valence-electron chi connectivity index (χ3n) is 3.83. The molecule has 0 unspecified atom stereocenters. The van der Waals surface area contributed by atoms with Gasteiger partial charge < -0.3 is 5.32 Å². The van der Waals surface area contributed by atoms with E-state index >= 15 is 0 Å². The first-order valence-corrected chi connectivity index (χ1v) is 7.02. The highest BCUT2D eigenvalue weighted by molar-refractivity contribution is 6.04. The van der Waals surface area contributed by atoms with E-state index in [1.54, 1.807) is 0 Å². The van der Waals surface area contributed by atoms with E-state index in [4.69, 9.17) is 0 Å². The molecule has 4 heteroatoms. The Kier molecular flexibility index (Phi) is 3.69. The van der Waals surface area contributed by atoms with E-state index in [-0.39, 0.29) is 5.56 Å². The van der Waals surface area contributed by atoms with Crippen molar-refractivity contribution >= 4 is 11.6 Å². The number of halogens is 2. The second-order valence-corrected chi connectivity index (χ2v) is 5.23. The first-order valence-electron chi connectivity index (χ1n) is 7.02. The van der Waals surface area contributed by atoms with Crippen molar-refractivity contribution in [2.45, 2.75) is 25.7 Å². The summed E-state index contributed by atoms with van der Waals surface area (Å²) in [4.78, 5) is 12.2. The van der Waals surface area contributed by atoms with Crippen molar-refractivity contribution in [1.82, 2.24) is 0 Å². The van der Waals surface area contributed by atoms with Crippen LogP contribution >= 0.6 is 0 Å². The molecule has 0 fully saturated rings. The van der Waals surface area contributed by atoms with Crippen LogP contribution < -0.4 is 5.32 Å². The number of anilines is 1. The van der Waals surface area contributed by atoms with Crippen LogP contribution in [-0.4, -0.2) is 5.91 Å². The van der Waals surface area contributed by atoms with E-state index in [1.807, 2.05) is 12.1 Å². The van der Waals surface area contributed by atoms with Gasteiger partial charge in [-0.1, -0.05) is 12.1 Å². The van der Waals surface area contributed by atoms with Crippen LogP contribution in [0.1, 0.15) is 34.3 Å². The molecule has 0 aliphatic heterocycles. The molecular weight excluding hydrogens is 272 g/mol. The number of benzene rings is 2. The lowest BCUT2D eigenvalue weighted by Gasteiger charge is -2.19. The van der Waals surface area contributed by atoms with Gasteiger partial charge in [0.1, 0.15) is 0 Å². The van der Waals surface area contributed by atoms with Gasteiger partial charge in [0, 0.05) is 11.3 Å². The summed E-state index contributed by atoms with van der Waals surface area (Å²) in [6.45, 7) is 0. The Morgan fingerprint density at radius 2 is 1.81 bits per heavy atom. The second-order valence-electron chi connectivity index (χ2n) is 5.23. The van der Waals surface area contributed by atoms with Crippen molar-refractivity contribution in [1.29, 1.82) is 0 Å². The molecule has 108 valence electrons. The van der Waals surface area contributed by atoms with Crippen molar-refractivity contribution in [2.75, 3.05) is 5.32 Å². The number of aryl methyl sites for hydroxylation is 1. The zero-order valence-corrected chi connectivity index (χ0v) is 11.5. The largest absolute Gasteiger partial charge is 0.322 e. The van der Waals surface area contributed by atoms with Gasteiger partial charge in [-0.25, -0.2) is 8.78 Å². The van der Waals surface area contributed by atoms with Crippen LogP contribution in [0, 0.1) is 11.6 Å². The van der Waals surface area contributed by atoms with Crippen LogP contribution in [0.4, 0.5) is 14.5 Å². The molecule has 0 spiro atoms. The molecule has 1 amide bonds. The Morgan fingerprint density at radius 1 is 1.00 bits per heavy atom. The van der Waals surface area contributed by atoms with Gasteiger partial charge in [-0.15, -0.1) is 0 Å². The van der Waals surface area contributed by atoms with Gasteiger partial charge in [0.15, 0.2) is 11.6 Å². The van der Waals surface area contributed by atoms with E-state index in [2.05, 4.69) is 11.4 Å². The van der Waals surface area contributed by atoms with E-state index in [0.717, 1.165) is 49.1 Å². The molecule has 1 aliphatic rings. The molecule has 0 heterocycles. The molecule has 0 saturated heterocycles. The Balaban J connectivity index is 1.86. The standard InChI is InChI=1S/C17H15F2NO/c18-14-9-8-12(10-15(14)19)17(21)20-16-7-3-5-11-4-1-2-6-13(11)16/h3,5,7-10H,1-2,4,6H2,(H,20,21). The number of amides is 1. The monoisotopic (exact) mass is 287 g/mol. The minimum Gasteiger partial charge on any atom is -0.322 e. The van der Waals surface area contributed by atoms with Gasteiger partial charge in [-0.2, -0.15) is 0 Å². The molecule has 21 heavy (non-hydrogen) atoms. The first-order chi connectivity index (χ1) is 10.1. The van der Waals surface area contributed by atoms with Crippen molar-refractivity contribution in [3.05, 3.63) is 64.7 Å². The second kappa shape index (κ2) is 5.64. The maximum absolute atomic E-state index is 13.2. The van der Waals surface area contributed by atoms with Crippen LogP contribution in [0.5, 0.6) is 0 Å². The topological polar surface area (TPSA) is 29.1 Å². The fourth-order valence-corrected chi connectivity index (χ4v) is 2.73. The van der Waals surface area contributed by atoms with E-state index in [0.29, 0.717) is 0 Å². The maximum Gasteiger partial charge on any atom is 0.255 e. The van der Waals surface area contributed by atoms with Crippen LogP contribution in [-0.2, 0) is 12.8 Å². The quantitative estimate of drug-likeness (QED) is 0.885. The van der Waals surface area contributed by atoms with Crippen molar-refractivity contribution < 1.29 is 13.6 Å². The molecule has 0 atom stereocenters. The van der Waals surface area contributed by atoms with Crippen molar-refractivity contribution in [3.63, 3.8) is 0 Å². The highest BCUT2D eigenvalue weighted by Crippen LogP contribution is 2.28. The van der Waals surface area contributed by atoms with Crippen LogP contribution in [0.15, 0.2) is 36.4 Å². The third kappa shape index (κ3) is 2.79. The predicted octanol–water partition coefficient (Wildman–Crippen LogP) is 4.10. The molecule has 1 aliphatic carbocycles. The SMILES string of the molecule is O=C(Nc1cccc2c1CCCC2)c1ccc(F)c(F)c1. The van der Waals surface area contributed by atoms with Crippen LogP contribution in [0.3, 0.4) is 0 Å². The lowest BCUT2D eigenvalue weighted by Crippen LogP contribution is -2.15. The minimum absolute atomic E-state index is 0.113. The molecule has 2 aromatic carbocycles. The molecular formula is C17H15F2NO. The summed E-state index contributed by atoms with van der Waals surface area (Å²) < 4.78 is 26.1. The number of rotatable bonds is 2. The molecule has 2 nitrogen and oxygen atoms in total. The Bertz CT molecular complexity index is 697. The number of nitrogens with one attached hydrogen (secondary N) is 1. The molecule has 0 radical (unpaired) electrons. The predicted molar refractivity (Wildman–Crippen MR) is 77.4 cm³/mol. The van der Waals surface area contributed by atoms with Crippen LogP contribution in [0.2, 0.25) is 0 Å². The van der Waals surface area contributed by atoms with Crippen molar-refractivity contribution in [3.8, 4) is 0 Å². The number of carbonyl (C=O) groups is 1. The zero-order valence-electron chi connectivity index (χ0n) is 11.5. The smallest absolute Gasteiger partial charge is 0.255 e. The van der Waals surface area contributed by atoms with Crippen molar-refractivity contribution in [2.24, 2.45) is 0 Å². The van der Waals surface area contributed by atoms with Gasteiger partial charge in [-0.3, -0.25) is 4.79 Å². The Morgan fingerprint density at radius 3 is 2.62 bits per heavy atom. The molecule has 0 saturated carbocycles. The third-order valence-corrected chi connectivity index (χ3v) is 3.83. The molecule has 0 bridgehead atoms. The molecule has 0 aromatic heterocycles. The van der Waals surface area contributed by atoms with Crippen LogP contribution in [0.25, 0.3) is 0 Å². The number of hydrogen-bond acceptors (Lipinski definition) is 1. The summed E-state index contributed by atoms with van der Waals surface area (Å²) in [6.07, 6.45) is 4.21. The lowest BCUT2D eigenvalue weighted by molar-refractivity contribution is 0.102. The normalized spacial score (nSPS) is 13.6. The molecule has 3 rings (SSSR count). The average molecular weight is 287 g/mol. The Labute approximate surface area is 121 Å². The summed E-state index contributed by atoms with van der Waals surface area (Å²) in [5.41, 5.74) is 3.29.